The minimum atomic E-state index is -0.251. The van der Waals surface area contributed by atoms with E-state index in [0.29, 0.717) is 23.9 Å². The van der Waals surface area contributed by atoms with Crippen LogP contribution < -0.4 is 5.73 Å². The van der Waals surface area contributed by atoms with Crippen LogP contribution in [0.3, 0.4) is 0 Å². The molecule has 0 saturated carbocycles. The van der Waals surface area contributed by atoms with Crippen molar-refractivity contribution in [3.63, 3.8) is 0 Å². The van der Waals surface area contributed by atoms with E-state index in [0.717, 1.165) is 10.9 Å². The molecule has 2 rings (SSSR count). The molecule has 100 valence electrons. The fourth-order valence-electron chi connectivity index (χ4n) is 1.78. The molecule has 0 saturated heterocycles. The van der Waals surface area contributed by atoms with Gasteiger partial charge in [-0.05, 0) is 17.5 Å². The number of hydrogen-bond donors (Lipinski definition) is 1. The van der Waals surface area contributed by atoms with Gasteiger partial charge in [0.1, 0.15) is 12.1 Å². The highest BCUT2D eigenvalue weighted by atomic mass is 16.5. The molecule has 0 atom stereocenters. The molecular weight excluding hydrogens is 242 g/mol. The van der Waals surface area contributed by atoms with E-state index in [-0.39, 0.29) is 12.4 Å². The highest BCUT2D eigenvalue weighted by Crippen LogP contribution is 2.20. The molecule has 0 aliphatic carbocycles. The van der Waals surface area contributed by atoms with Crippen molar-refractivity contribution in [2.45, 2.75) is 20.3 Å². The number of nitrogens with zero attached hydrogens (tertiary/aromatic N) is 2. The van der Waals surface area contributed by atoms with Crippen molar-refractivity contribution in [2.75, 3.05) is 12.3 Å². The molecule has 0 bridgehead atoms. The standard InChI is InChI=1S/C14H17N3O2/c1-9(2)7-19-12(18)6-10-4-3-5-11-13(10)16-8-17-14(11)15/h3-5,8-9H,6-7H2,1-2H3,(H2,15,16,17). The molecule has 0 aliphatic heterocycles. The molecule has 0 spiro atoms. The van der Waals surface area contributed by atoms with Gasteiger partial charge in [-0.1, -0.05) is 26.0 Å². The summed E-state index contributed by atoms with van der Waals surface area (Å²) in [7, 11) is 0. The van der Waals surface area contributed by atoms with Gasteiger partial charge in [-0.15, -0.1) is 0 Å². The van der Waals surface area contributed by atoms with E-state index in [4.69, 9.17) is 10.5 Å². The fraction of sp³-hybridized carbons (Fsp3) is 0.357. The smallest absolute Gasteiger partial charge is 0.310 e. The largest absolute Gasteiger partial charge is 0.465 e. The molecule has 1 aromatic heterocycles. The van der Waals surface area contributed by atoms with Gasteiger partial charge in [0.25, 0.3) is 0 Å². The number of esters is 1. The summed E-state index contributed by atoms with van der Waals surface area (Å²) in [4.78, 5) is 19.9. The lowest BCUT2D eigenvalue weighted by molar-refractivity contribution is -0.143. The Balaban J connectivity index is 2.21. The van der Waals surface area contributed by atoms with Crippen LogP contribution >= 0.6 is 0 Å². The number of fused-ring (bicyclic) bond motifs is 1. The maximum absolute atomic E-state index is 11.7. The summed E-state index contributed by atoms with van der Waals surface area (Å²) in [5, 5.41) is 0.761. The lowest BCUT2D eigenvalue weighted by Crippen LogP contribution is -2.12. The Kier molecular flexibility index (Phi) is 3.94. The maximum Gasteiger partial charge on any atom is 0.310 e. The Labute approximate surface area is 111 Å². The summed E-state index contributed by atoms with van der Waals surface area (Å²) < 4.78 is 5.17. The van der Waals surface area contributed by atoms with E-state index in [1.54, 1.807) is 0 Å². The zero-order valence-corrected chi connectivity index (χ0v) is 11.1. The van der Waals surface area contributed by atoms with Gasteiger partial charge < -0.3 is 10.5 Å². The van der Waals surface area contributed by atoms with E-state index in [9.17, 15) is 4.79 Å². The first kappa shape index (κ1) is 13.3. The molecule has 19 heavy (non-hydrogen) atoms. The Morgan fingerprint density at radius 2 is 2.16 bits per heavy atom. The predicted octanol–water partition coefficient (Wildman–Crippen LogP) is 1.95. The topological polar surface area (TPSA) is 78.1 Å². The van der Waals surface area contributed by atoms with Crippen LogP contribution in [-0.2, 0) is 16.0 Å². The second-order valence-electron chi connectivity index (χ2n) is 4.83. The zero-order valence-electron chi connectivity index (χ0n) is 11.1. The quantitative estimate of drug-likeness (QED) is 0.849. The van der Waals surface area contributed by atoms with Gasteiger partial charge in [-0.2, -0.15) is 0 Å². The zero-order chi connectivity index (χ0) is 13.8. The first-order valence-electron chi connectivity index (χ1n) is 6.21. The third-order valence-corrected chi connectivity index (χ3v) is 2.69. The fourth-order valence-corrected chi connectivity index (χ4v) is 1.78. The van der Waals surface area contributed by atoms with Crippen LogP contribution in [0.5, 0.6) is 0 Å². The second-order valence-corrected chi connectivity index (χ2v) is 4.83. The van der Waals surface area contributed by atoms with E-state index in [2.05, 4.69) is 9.97 Å². The van der Waals surface area contributed by atoms with Crippen molar-refractivity contribution in [3.8, 4) is 0 Å². The highest BCUT2D eigenvalue weighted by molar-refractivity contribution is 5.92. The van der Waals surface area contributed by atoms with E-state index < -0.39 is 0 Å². The van der Waals surface area contributed by atoms with Gasteiger partial charge in [0.05, 0.1) is 18.5 Å². The number of nitrogen functional groups attached to an aromatic ring is 1. The Hall–Kier alpha value is -2.17. The summed E-state index contributed by atoms with van der Waals surface area (Å²) in [5.74, 6) is 0.496. The van der Waals surface area contributed by atoms with Crippen molar-refractivity contribution in [3.05, 3.63) is 30.1 Å². The predicted molar refractivity (Wildman–Crippen MR) is 73.5 cm³/mol. The van der Waals surface area contributed by atoms with Crippen molar-refractivity contribution in [1.82, 2.24) is 9.97 Å². The number of carbonyl (C=O) groups excluding carboxylic acids is 1. The Morgan fingerprint density at radius 3 is 2.89 bits per heavy atom. The molecule has 0 radical (unpaired) electrons. The average Bonchev–Trinajstić information content (AvgIpc) is 2.38. The minimum Gasteiger partial charge on any atom is -0.465 e. The number of aromatic nitrogens is 2. The van der Waals surface area contributed by atoms with Crippen molar-refractivity contribution in [2.24, 2.45) is 5.92 Å². The minimum absolute atomic E-state index is 0.195. The molecule has 1 heterocycles. The van der Waals surface area contributed by atoms with Gasteiger partial charge in [0.2, 0.25) is 0 Å². The number of ether oxygens (including phenoxy) is 1. The van der Waals surface area contributed by atoms with Gasteiger partial charge in [0.15, 0.2) is 0 Å². The maximum atomic E-state index is 11.7. The highest BCUT2D eigenvalue weighted by Gasteiger charge is 2.11. The van der Waals surface area contributed by atoms with Crippen molar-refractivity contribution < 1.29 is 9.53 Å². The van der Waals surface area contributed by atoms with E-state index in [1.807, 2.05) is 32.0 Å². The molecule has 2 N–H and O–H groups in total. The second kappa shape index (κ2) is 5.65. The lowest BCUT2D eigenvalue weighted by Gasteiger charge is -2.09. The van der Waals surface area contributed by atoms with Gasteiger partial charge in [-0.3, -0.25) is 4.79 Å². The molecule has 0 aliphatic rings. The third kappa shape index (κ3) is 3.19. The molecule has 0 fully saturated rings. The summed E-state index contributed by atoms with van der Waals surface area (Å²) in [6.45, 7) is 4.43. The molecule has 0 amide bonds. The number of rotatable bonds is 4. The van der Waals surface area contributed by atoms with Crippen LogP contribution in [0.4, 0.5) is 5.82 Å². The van der Waals surface area contributed by atoms with Gasteiger partial charge >= 0.3 is 5.97 Å². The van der Waals surface area contributed by atoms with Crippen LogP contribution in [0.25, 0.3) is 10.9 Å². The number of hydrogen-bond acceptors (Lipinski definition) is 5. The van der Waals surface area contributed by atoms with Crippen LogP contribution in [0.15, 0.2) is 24.5 Å². The van der Waals surface area contributed by atoms with Crippen LogP contribution in [0.2, 0.25) is 0 Å². The third-order valence-electron chi connectivity index (χ3n) is 2.69. The lowest BCUT2D eigenvalue weighted by atomic mass is 10.1. The van der Waals surface area contributed by atoms with Crippen molar-refractivity contribution >= 4 is 22.7 Å². The van der Waals surface area contributed by atoms with E-state index in [1.165, 1.54) is 6.33 Å². The molecular formula is C14H17N3O2. The van der Waals surface area contributed by atoms with Gasteiger partial charge in [-0.25, -0.2) is 9.97 Å². The molecule has 0 unspecified atom stereocenters. The molecule has 5 nitrogen and oxygen atoms in total. The normalized spacial score (nSPS) is 10.9. The Bertz CT molecular complexity index is 596. The van der Waals surface area contributed by atoms with Crippen LogP contribution in [0.1, 0.15) is 19.4 Å². The molecule has 5 heteroatoms. The van der Waals surface area contributed by atoms with Crippen molar-refractivity contribution in [1.29, 1.82) is 0 Å². The summed E-state index contributed by atoms with van der Waals surface area (Å²) in [6.07, 6.45) is 1.60. The molecule has 1 aromatic carbocycles. The first-order valence-corrected chi connectivity index (χ1v) is 6.21. The number of para-hydroxylation sites is 1. The van der Waals surface area contributed by atoms with Crippen LogP contribution in [0, 0.1) is 5.92 Å². The summed E-state index contributed by atoms with van der Waals surface area (Å²) in [5.41, 5.74) is 7.30. The monoisotopic (exact) mass is 259 g/mol. The summed E-state index contributed by atoms with van der Waals surface area (Å²) in [6, 6.07) is 5.53. The van der Waals surface area contributed by atoms with Gasteiger partial charge in [0, 0.05) is 5.39 Å². The number of benzene rings is 1. The SMILES string of the molecule is CC(C)COC(=O)Cc1cccc2c(N)ncnc12. The molecule has 2 aromatic rings. The summed E-state index contributed by atoms with van der Waals surface area (Å²) >= 11 is 0. The van der Waals surface area contributed by atoms with Crippen LogP contribution in [-0.4, -0.2) is 22.5 Å². The number of anilines is 1. The Morgan fingerprint density at radius 1 is 1.37 bits per heavy atom. The number of carbonyl (C=O) groups is 1. The van der Waals surface area contributed by atoms with E-state index >= 15 is 0 Å². The number of nitrogens with two attached hydrogens (primary N) is 1. The first-order chi connectivity index (χ1) is 9.08. The average molecular weight is 259 g/mol.